The predicted octanol–water partition coefficient (Wildman–Crippen LogP) is 3.03. The monoisotopic (exact) mass is 324 g/mol. The van der Waals surface area contributed by atoms with Crippen LogP contribution in [0.2, 0.25) is 0 Å². The third-order valence-electron chi connectivity index (χ3n) is 5.42. The molecule has 0 saturated carbocycles. The van der Waals surface area contributed by atoms with E-state index in [1.807, 2.05) is 25.7 Å². The van der Waals surface area contributed by atoms with Crippen molar-refractivity contribution in [3.63, 3.8) is 0 Å². The fourth-order valence-corrected chi connectivity index (χ4v) is 4.11. The number of carbonyl (C=O) groups is 1. The molecule has 1 amide bonds. The highest BCUT2D eigenvalue weighted by Crippen LogP contribution is 2.38. The molecule has 3 heterocycles. The van der Waals surface area contributed by atoms with Gasteiger partial charge >= 0.3 is 6.09 Å². The van der Waals surface area contributed by atoms with Crippen molar-refractivity contribution >= 4 is 6.09 Å². The van der Waals surface area contributed by atoms with Crippen LogP contribution in [0, 0.1) is 0 Å². The van der Waals surface area contributed by atoms with Gasteiger partial charge in [-0.25, -0.2) is 4.79 Å². The average molecular weight is 324 g/mol. The second-order valence-electron chi connectivity index (χ2n) is 8.42. The molecule has 0 N–H and O–H groups in total. The average Bonchev–Trinajstić information content (AvgIpc) is 2.91. The van der Waals surface area contributed by atoms with Gasteiger partial charge in [0, 0.05) is 19.1 Å². The van der Waals surface area contributed by atoms with E-state index in [0.29, 0.717) is 6.04 Å². The highest BCUT2D eigenvalue weighted by Gasteiger charge is 2.45. The molecule has 3 fully saturated rings. The van der Waals surface area contributed by atoms with Crippen LogP contribution in [0.4, 0.5) is 4.79 Å². The zero-order valence-electron chi connectivity index (χ0n) is 15.0. The summed E-state index contributed by atoms with van der Waals surface area (Å²) in [4.78, 5) is 16.6. The van der Waals surface area contributed by atoms with Crippen LogP contribution in [0.25, 0.3) is 0 Å². The Kier molecular flexibility index (Phi) is 4.88. The Morgan fingerprint density at radius 3 is 2.35 bits per heavy atom. The Hall–Kier alpha value is -0.810. The minimum absolute atomic E-state index is 0.000621. The minimum atomic E-state index is -0.421. The molecular formula is C18H32N2O3. The standard InChI is InChI=1S/C18H32N2O3/c1-17(2,3)23-16(21)20-11-7-18(8-12-20)13-15(14-22-18)19-9-5-4-6-10-19/h15H,4-14H2,1-3H3. The van der Waals surface area contributed by atoms with Crippen LogP contribution < -0.4 is 0 Å². The number of nitrogens with zero attached hydrogens (tertiary/aromatic N) is 2. The first-order valence-electron chi connectivity index (χ1n) is 9.23. The van der Waals surface area contributed by atoms with Crippen molar-refractivity contribution in [1.29, 1.82) is 0 Å². The van der Waals surface area contributed by atoms with E-state index in [-0.39, 0.29) is 11.7 Å². The van der Waals surface area contributed by atoms with Crippen molar-refractivity contribution in [2.45, 2.75) is 76.5 Å². The molecule has 0 aromatic rings. The van der Waals surface area contributed by atoms with Gasteiger partial charge in [0.05, 0.1) is 12.2 Å². The molecule has 5 heteroatoms. The third kappa shape index (κ3) is 4.18. The summed E-state index contributed by atoms with van der Waals surface area (Å²) in [6, 6.07) is 0.586. The molecule has 23 heavy (non-hydrogen) atoms. The van der Waals surface area contributed by atoms with Crippen LogP contribution in [0.3, 0.4) is 0 Å². The first-order valence-corrected chi connectivity index (χ1v) is 9.23. The number of hydrogen-bond donors (Lipinski definition) is 0. The van der Waals surface area contributed by atoms with Gasteiger partial charge in [0.25, 0.3) is 0 Å². The number of carbonyl (C=O) groups excluding carboxylic acids is 1. The molecule has 0 aromatic carbocycles. The van der Waals surface area contributed by atoms with E-state index in [1.165, 1.54) is 32.4 Å². The Morgan fingerprint density at radius 2 is 1.74 bits per heavy atom. The quantitative estimate of drug-likeness (QED) is 0.743. The summed E-state index contributed by atoms with van der Waals surface area (Å²) in [5, 5.41) is 0. The lowest BCUT2D eigenvalue weighted by atomic mass is 9.87. The molecule has 0 radical (unpaired) electrons. The summed E-state index contributed by atoms with van der Waals surface area (Å²) in [6.45, 7) is 10.6. The Morgan fingerprint density at radius 1 is 1.09 bits per heavy atom. The van der Waals surface area contributed by atoms with Crippen LogP contribution in [0.1, 0.15) is 59.3 Å². The van der Waals surface area contributed by atoms with Gasteiger partial charge in [-0.1, -0.05) is 6.42 Å². The van der Waals surface area contributed by atoms with Crippen molar-refractivity contribution in [2.24, 2.45) is 0 Å². The second-order valence-corrected chi connectivity index (χ2v) is 8.42. The van der Waals surface area contributed by atoms with Gasteiger partial charge in [-0.05, 0) is 66.0 Å². The van der Waals surface area contributed by atoms with Crippen LogP contribution >= 0.6 is 0 Å². The van der Waals surface area contributed by atoms with Gasteiger partial charge in [-0.2, -0.15) is 0 Å². The summed E-state index contributed by atoms with van der Waals surface area (Å²) in [5.74, 6) is 0. The maximum Gasteiger partial charge on any atom is 0.410 e. The van der Waals surface area contributed by atoms with E-state index in [4.69, 9.17) is 9.47 Å². The summed E-state index contributed by atoms with van der Waals surface area (Å²) in [7, 11) is 0. The van der Waals surface area contributed by atoms with Gasteiger partial charge < -0.3 is 14.4 Å². The normalized spacial score (nSPS) is 29.0. The Labute approximate surface area is 140 Å². The molecule has 1 unspecified atom stereocenters. The summed E-state index contributed by atoms with van der Waals surface area (Å²) < 4.78 is 11.7. The molecule has 5 nitrogen and oxygen atoms in total. The molecule has 3 rings (SSSR count). The van der Waals surface area contributed by atoms with Crippen LogP contribution in [-0.4, -0.2) is 65.9 Å². The first-order chi connectivity index (χ1) is 10.9. The Bertz CT molecular complexity index is 418. The van der Waals surface area contributed by atoms with E-state index in [1.54, 1.807) is 0 Å². The van der Waals surface area contributed by atoms with E-state index in [2.05, 4.69) is 4.90 Å². The molecule has 1 spiro atoms. The van der Waals surface area contributed by atoms with Crippen LogP contribution in [0.5, 0.6) is 0 Å². The van der Waals surface area contributed by atoms with Crippen molar-refractivity contribution in [2.75, 3.05) is 32.8 Å². The molecule has 3 aliphatic rings. The predicted molar refractivity (Wildman–Crippen MR) is 89.6 cm³/mol. The number of amides is 1. The molecule has 0 aromatic heterocycles. The molecule has 3 saturated heterocycles. The highest BCUT2D eigenvalue weighted by atomic mass is 16.6. The lowest BCUT2D eigenvalue weighted by Crippen LogP contribution is -2.48. The van der Waals surface area contributed by atoms with Crippen LogP contribution in [-0.2, 0) is 9.47 Å². The maximum atomic E-state index is 12.2. The molecule has 0 aliphatic carbocycles. The number of rotatable bonds is 1. The van der Waals surface area contributed by atoms with Crippen molar-refractivity contribution in [3.05, 3.63) is 0 Å². The largest absolute Gasteiger partial charge is 0.444 e. The molecule has 0 bridgehead atoms. The van der Waals surface area contributed by atoms with Crippen molar-refractivity contribution < 1.29 is 14.3 Å². The SMILES string of the molecule is CC(C)(C)OC(=O)N1CCC2(CC1)CC(N1CCCCC1)CO2. The summed E-state index contributed by atoms with van der Waals surface area (Å²) in [6.07, 6.45) is 6.87. The zero-order valence-corrected chi connectivity index (χ0v) is 15.0. The van der Waals surface area contributed by atoms with Crippen molar-refractivity contribution in [3.8, 4) is 0 Å². The van der Waals surface area contributed by atoms with E-state index in [0.717, 1.165) is 39.0 Å². The molecular weight excluding hydrogens is 292 g/mol. The van der Waals surface area contributed by atoms with Gasteiger partial charge in [0.2, 0.25) is 0 Å². The third-order valence-corrected chi connectivity index (χ3v) is 5.42. The number of piperidine rings is 2. The number of ether oxygens (including phenoxy) is 2. The van der Waals surface area contributed by atoms with E-state index >= 15 is 0 Å². The second kappa shape index (κ2) is 6.60. The van der Waals surface area contributed by atoms with E-state index < -0.39 is 5.60 Å². The topological polar surface area (TPSA) is 42.0 Å². The molecule has 3 aliphatic heterocycles. The molecule has 1 atom stereocenters. The number of likely N-dealkylation sites (tertiary alicyclic amines) is 2. The first kappa shape index (κ1) is 17.0. The van der Waals surface area contributed by atoms with Gasteiger partial charge in [0.1, 0.15) is 5.60 Å². The van der Waals surface area contributed by atoms with E-state index in [9.17, 15) is 4.79 Å². The van der Waals surface area contributed by atoms with Gasteiger partial charge in [0.15, 0.2) is 0 Å². The van der Waals surface area contributed by atoms with Crippen LogP contribution in [0.15, 0.2) is 0 Å². The summed E-state index contributed by atoms with van der Waals surface area (Å²) >= 11 is 0. The maximum absolute atomic E-state index is 12.2. The fourth-order valence-electron chi connectivity index (χ4n) is 4.11. The van der Waals surface area contributed by atoms with Gasteiger partial charge in [-0.3, -0.25) is 4.90 Å². The zero-order chi connectivity index (χ0) is 16.5. The lowest BCUT2D eigenvalue weighted by Gasteiger charge is -2.39. The Balaban J connectivity index is 1.49. The fraction of sp³-hybridized carbons (Fsp3) is 0.944. The molecule has 132 valence electrons. The smallest absolute Gasteiger partial charge is 0.410 e. The van der Waals surface area contributed by atoms with Crippen molar-refractivity contribution in [1.82, 2.24) is 9.80 Å². The van der Waals surface area contributed by atoms with Gasteiger partial charge in [-0.15, -0.1) is 0 Å². The highest BCUT2D eigenvalue weighted by molar-refractivity contribution is 5.68. The summed E-state index contributed by atoms with van der Waals surface area (Å²) in [5.41, 5.74) is -0.421. The minimum Gasteiger partial charge on any atom is -0.444 e. The number of hydrogen-bond acceptors (Lipinski definition) is 4. The lowest BCUT2D eigenvalue weighted by molar-refractivity contribution is -0.0489.